The van der Waals surface area contributed by atoms with Gasteiger partial charge in [-0.25, -0.2) is 4.79 Å². The van der Waals surface area contributed by atoms with Crippen LogP contribution < -0.4 is 21.7 Å². The maximum absolute atomic E-state index is 12.0. The van der Waals surface area contributed by atoms with E-state index in [2.05, 4.69) is 16.0 Å². The van der Waals surface area contributed by atoms with Crippen LogP contribution in [-0.4, -0.2) is 48.7 Å². The summed E-state index contributed by atoms with van der Waals surface area (Å²) in [6.07, 6.45) is 0.711. The lowest BCUT2D eigenvalue weighted by Crippen LogP contribution is -2.50. The molecule has 126 valence electrons. The fourth-order valence-corrected chi connectivity index (χ4v) is 2.11. The van der Waals surface area contributed by atoms with Crippen molar-refractivity contribution in [3.05, 3.63) is 0 Å². The van der Waals surface area contributed by atoms with Crippen LogP contribution in [0.4, 0.5) is 4.79 Å². The predicted molar refractivity (Wildman–Crippen MR) is 81.0 cm³/mol. The number of nitrogens with one attached hydrogen (secondary N) is 3. The summed E-state index contributed by atoms with van der Waals surface area (Å²) in [6, 6.07) is -1.000. The molecule has 3 amide bonds. The zero-order valence-electron chi connectivity index (χ0n) is 13.4. The Morgan fingerprint density at radius 1 is 1.27 bits per heavy atom. The second kappa shape index (κ2) is 7.98. The third-order valence-corrected chi connectivity index (χ3v) is 3.13. The van der Waals surface area contributed by atoms with Crippen molar-refractivity contribution in [2.24, 2.45) is 5.73 Å². The van der Waals surface area contributed by atoms with Gasteiger partial charge in [0, 0.05) is 6.04 Å². The minimum Gasteiger partial charge on any atom is -0.444 e. The van der Waals surface area contributed by atoms with Gasteiger partial charge in [0.15, 0.2) is 0 Å². The summed E-state index contributed by atoms with van der Waals surface area (Å²) in [5, 5.41) is 8.37. The number of alkyl carbamates (subject to hydrolysis) is 1. The maximum atomic E-state index is 12.0. The van der Waals surface area contributed by atoms with Crippen LogP contribution in [0.5, 0.6) is 0 Å². The molecule has 5 N–H and O–H groups in total. The largest absolute Gasteiger partial charge is 0.444 e. The van der Waals surface area contributed by atoms with E-state index in [-0.39, 0.29) is 18.4 Å². The Hall–Kier alpha value is -1.83. The molecular formula is C14H26N4O4. The highest BCUT2D eigenvalue weighted by Gasteiger charge is 2.26. The molecule has 1 atom stereocenters. The number of primary amides is 1. The fraction of sp³-hybridized carbons (Fsp3) is 0.786. The van der Waals surface area contributed by atoms with E-state index in [0.717, 1.165) is 25.9 Å². The van der Waals surface area contributed by atoms with E-state index >= 15 is 0 Å². The molecule has 22 heavy (non-hydrogen) atoms. The molecule has 1 aliphatic rings. The van der Waals surface area contributed by atoms with Gasteiger partial charge in [-0.05, 0) is 46.7 Å². The van der Waals surface area contributed by atoms with Gasteiger partial charge in [0.1, 0.15) is 11.6 Å². The normalized spacial score (nSPS) is 17.4. The van der Waals surface area contributed by atoms with Crippen LogP contribution in [-0.2, 0) is 14.3 Å². The van der Waals surface area contributed by atoms with Crippen molar-refractivity contribution in [3.8, 4) is 0 Å². The molecule has 1 rings (SSSR count). The molecule has 0 saturated carbocycles. The van der Waals surface area contributed by atoms with Crippen molar-refractivity contribution in [3.63, 3.8) is 0 Å². The number of rotatable bonds is 5. The number of carbonyl (C=O) groups excluding carboxylic acids is 3. The molecule has 0 unspecified atom stereocenters. The molecule has 8 nitrogen and oxygen atoms in total. The van der Waals surface area contributed by atoms with Gasteiger partial charge in [0.2, 0.25) is 11.8 Å². The first kappa shape index (κ1) is 18.2. The standard InChI is InChI=1S/C14H26N4O4/c1-14(2,3)22-13(21)18-10(12(15)20)8-11(19)17-9-4-6-16-7-5-9/h9-10,16H,4-8H2,1-3H3,(H2,15,20)(H,17,19)(H,18,21)/t10-/m0/s1. The van der Waals surface area contributed by atoms with E-state index in [1.54, 1.807) is 20.8 Å². The minimum absolute atomic E-state index is 0.0869. The molecular weight excluding hydrogens is 288 g/mol. The Morgan fingerprint density at radius 2 is 1.86 bits per heavy atom. The van der Waals surface area contributed by atoms with Crippen LogP contribution in [0.15, 0.2) is 0 Å². The van der Waals surface area contributed by atoms with Crippen molar-refractivity contribution < 1.29 is 19.1 Å². The van der Waals surface area contributed by atoms with Crippen LogP contribution in [0.1, 0.15) is 40.0 Å². The average Bonchev–Trinajstić information content (AvgIpc) is 2.36. The van der Waals surface area contributed by atoms with Crippen molar-refractivity contribution in [2.75, 3.05) is 13.1 Å². The van der Waals surface area contributed by atoms with E-state index in [0.29, 0.717) is 0 Å². The first-order valence-corrected chi connectivity index (χ1v) is 7.46. The van der Waals surface area contributed by atoms with Gasteiger partial charge in [-0.15, -0.1) is 0 Å². The molecule has 0 bridgehead atoms. The van der Waals surface area contributed by atoms with Crippen molar-refractivity contribution >= 4 is 17.9 Å². The lowest BCUT2D eigenvalue weighted by Gasteiger charge is -2.25. The monoisotopic (exact) mass is 314 g/mol. The predicted octanol–water partition coefficient (Wildman–Crippen LogP) is -0.377. The Kier molecular flexibility index (Phi) is 6.61. The molecule has 1 fully saturated rings. The van der Waals surface area contributed by atoms with Crippen LogP contribution in [0.2, 0.25) is 0 Å². The van der Waals surface area contributed by atoms with Gasteiger partial charge in [-0.3, -0.25) is 9.59 Å². The number of hydrogen-bond donors (Lipinski definition) is 4. The zero-order valence-corrected chi connectivity index (χ0v) is 13.4. The van der Waals surface area contributed by atoms with Crippen molar-refractivity contribution in [1.29, 1.82) is 0 Å². The third kappa shape index (κ3) is 7.26. The topological polar surface area (TPSA) is 123 Å². The van der Waals surface area contributed by atoms with Crippen LogP contribution in [0, 0.1) is 0 Å². The summed E-state index contributed by atoms with van der Waals surface area (Å²) in [5.74, 6) is -1.09. The molecule has 0 aliphatic carbocycles. The van der Waals surface area contributed by atoms with Gasteiger partial charge in [-0.1, -0.05) is 0 Å². The maximum Gasteiger partial charge on any atom is 0.408 e. The molecule has 1 saturated heterocycles. The lowest BCUT2D eigenvalue weighted by molar-refractivity contribution is -0.127. The molecule has 1 aliphatic heterocycles. The van der Waals surface area contributed by atoms with E-state index in [9.17, 15) is 14.4 Å². The quantitative estimate of drug-likeness (QED) is 0.551. The fourth-order valence-electron chi connectivity index (χ4n) is 2.11. The first-order valence-electron chi connectivity index (χ1n) is 7.46. The van der Waals surface area contributed by atoms with Gasteiger partial charge in [0.05, 0.1) is 6.42 Å². The van der Waals surface area contributed by atoms with E-state index in [1.807, 2.05) is 0 Å². The molecule has 8 heteroatoms. The van der Waals surface area contributed by atoms with Gasteiger partial charge >= 0.3 is 6.09 Å². The Balaban J connectivity index is 2.47. The molecule has 1 heterocycles. The average molecular weight is 314 g/mol. The summed E-state index contributed by atoms with van der Waals surface area (Å²) in [4.78, 5) is 35.0. The highest BCUT2D eigenvalue weighted by Crippen LogP contribution is 2.07. The van der Waals surface area contributed by atoms with E-state index in [4.69, 9.17) is 10.5 Å². The summed E-state index contributed by atoms with van der Waals surface area (Å²) in [6.45, 7) is 6.81. The molecule has 0 radical (unpaired) electrons. The summed E-state index contributed by atoms with van der Waals surface area (Å²) >= 11 is 0. The third-order valence-electron chi connectivity index (χ3n) is 3.13. The van der Waals surface area contributed by atoms with Crippen molar-refractivity contribution in [2.45, 2.75) is 57.7 Å². The summed E-state index contributed by atoms with van der Waals surface area (Å²) < 4.78 is 5.05. The Morgan fingerprint density at radius 3 is 2.36 bits per heavy atom. The summed E-state index contributed by atoms with van der Waals surface area (Å²) in [5.41, 5.74) is 4.54. The number of piperidine rings is 1. The highest BCUT2D eigenvalue weighted by atomic mass is 16.6. The minimum atomic E-state index is -1.09. The number of ether oxygens (including phenoxy) is 1. The second-order valence-corrected chi connectivity index (χ2v) is 6.40. The van der Waals surface area contributed by atoms with Gasteiger partial charge < -0.3 is 26.4 Å². The highest BCUT2D eigenvalue weighted by molar-refractivity contribution is 5.90. The van der Waals surface area contributed by atoms with Crippen LogP contribution in [0.25, 0.3) is 0 Å². The molecule has 0 aromatic carbocycles. The van der Waals surface area contributed by atoms with Crippen LogP contribution >= 0.6 is 0 Å². The Labute approximate surface area is 130 Å². The number of carbonyl (C=O) groups is 3. The SMILES string of the molecule is CC(C)(C)OC(=O)N[C@@H](CC(=O)NC1CCNCC1)C(N)=O. The van der Waals surface area contributed by atoms with E-state index in [1.165, 1.54) is 0 Å². The first-order chi connectivity index (χ1) is 10.2. The summed E-state index contributed by atoms with van der Waals surface area (Å²) in [7, 11) is 0. The molecule has 0 spiro atoms. The number of amides is 3. The number of nitrogens with two attached hydrogens (primary N) is 1. The van der Waals surface area contributed by atoms with Gasteiger partial charge in [-0.2, -0.15) is 0 Å². The Bertz CT molecular complexity index is 414. The number of hydrogen-bond acceptors (Lipinski definition) is 5. The molecule has 0 aromatic rings. The van der Waals surface area contributed by atoms with Crippen LogP contribution in [0.3, 0.4) is 0 Å². The smallest absolute Gasteiger partial charge is 0.408 e. The zero-order chi connectivity index (χ0) is 16.8. The van der Waals surface area contributed by atoms with Gasteiger partial charge in [0.25, 0.3) is 0 Å². The second-order valence-electron chi connectivity index (χ2n) is 6.40. The lowest BCUT2D eigenvalue weighted by atomic mass is 10.1. The molecule has 0 aromatic heterocycles. The van der Waals surface area contributed by atoms with E-state index < -0.39 is 23.6 Å². The van der Waals surface area contributed by atoms with Crippen molar-refractivity contribution in [1.82, 2.24) is 16.0 Å².